The fourth-order valence-electron chi connectivity index (χ4n) is 4.71. The average Bonchev–Trinajstić information content (AvgIpc) is 3.10. The molecule has 4 aromatic carbocycles. The Balaban J connectivity index is 1.25. The highest BCUT2D eigenvalue weighted by molar-refractivity contribution is 6.00. The minimum Gasteiger partial charge on any atom is -0.494 e. The average molecular weight is 677 g/mol. The van der Waals surface area contributed by atoms with Gasteiger partial charge in [-0.25, -0.2) is 19.2 Å². The highest BCUT2D eigenvalue weighted by Crippen LogP contribution is 2.30. The van der Waals surface area contributed by atoms with Gasteiger partial charge in [-0.3, -0.25) is 0 Å². The van der Waals surface area contributed by atoms with Crippen LogP contribution in [0.5, 0.6) is 23.0 Å². The van der Waals surface area contributed by atoms with Gasteiger partial charge in [0, 0.05) is 22.6 Å². The van der Waals surface area contributed by atoms with Crippen molar-refractivity contribution in [3.8, 4) is 23.0 Å². The normalized spacial score (nSPS) is 10.8. The molecule has 258 valence electrons. The van der Waals surface area contributed by atoms with Crippen LogP contribution in [0.1, 0.15) is 61.0 Å². The van der Waals surface area contributed by atoms with Crippen molar-refractivity contribution >= 4 is 40.7 Å². The summed E-state index contributed by atoms with van der Waals surface area (Å²) in [6.07, 6.45) is 6.44. The molecule has 0 aliphatic carbocycles. The summed E-state index contributed by atoms with van der Waals surface area (Å²) < 4.78 is 27.4. The summed E-state index contributed by atoms with van der Waals surface area (Å²) in [4.78, 5) is 48.9. The van der Waals surface area contributed by atoms with Crippen molar-refractivity contribution in [2.45, 2.75) is 46.5 Å². The Labute approximate surface area is 291 Å². The lowest BCUT2D eigenvalue weighted by Crippen LogP contribution is -2.09. The number of esters is 4. The third-order valence-corrected chi connectivity index (χ3v) is 7.41. The number of carbonyl (C=O) groups excluding carboxylic acids is 4. The SMILES string of the molecule is C=C(C)C(=O)OCCCCCCOc1ccc(C(=O)Oc2ccc(OC(=O)/C=C/c3ccc(OC(=O)C(=C)C)c4ccccc34)c(C)c2)cc1. The number of aryl methyl sites for hydroxylation is 1. The molecule has 0 radical (unpaired) electrons. The Bertz CT molecular complexity index is 1920. The van der Waals surface area contributed by atoms with Gasteiger partial charge in [-0.15, -0.1) is 0 Å². The highest BCUT2D eigenvalue weighted by Gasteiger charge is 2.13. The standard InChI is InChI=1S/C41H40O9/c1-27(2)39(43)47-25-11-7-6-10-24-46-32-18-14-31(15-19-32)41(45)48-33-20-22-36(29(5)26-33)49-38(42)23-17-30-16-21-37(50-40(44)28(3)4)35-13-9-8-12-34(30)35/h8-9,12-23,26H,1,3,6-7,10-11,24-25H2,2,4-5H3/b23-17+. The Hall–Kier alpha value is -5.96. The molecular weight excluding hydrogens is 636 g/mol. The monoisotopic (exact) mass is 676 g/mol. The molecule has 50 heavy (non-hydrogen) atoms. The summed E-state index contributed by atoms with van der Waals surface area (Å²) >= 11 is 0. The molecule has 9 heteroatoms. The molecule has 0 aliphatic heterocycles. The lowest BCUT2D eigenvalue weighted by Gasteiger charge is -2.10. The van der Waals surface area contributed by atoms with Crippen molar-refractivity contribution in [3.05, 3.63) is 126 Å². The van der Waals surface area contributed by atoms with Gasteiger partial charge in [0.15, 0.2) is 0 Å². The van der Waals surface area contributed by atoms with Crippen molar-refractivity contribution in [1.82, 2.24) is 0 Å². The third kappa shape index (κ3) is 10.8. The number of hydrogen-bond donors (Lipinski definition) is 0. The maximum absolute atomic E-state index is 12.8. The second-order valence-corrected chi connectivity index (χ2v) is 11.6. The molecule has 0 fully saturated rings. The fourth-order valence-corrected chi connectivity index (χ4v) is 4.71. The van der Waals surface area contributed by atoms with Gasteiger partial charge in [0.1, 0.15) is 23.0 Å². The van der Waals surface area contributed by atoms with Crippen molar-refractivity contribution < 1.29 is 42.9 Å². The van der Waals surface area contributed by atoms with E-state index in [0.29, 0.717) is 58.3 Å². The third-order valence-electron chi connectivity index (χ3n) is 7.41. The van der Waals surface area contributed by atoms with E-state index in [1.54, 1.807) is 81.4 Å². The van der Waals surface area contributed by atoms with Gasteiger partial charge in [0.05, 0.1) is 18.8 Å². The number of benzene rings is 4. The van der Waals surface area contributed by atoms with Crippen LogP contribution in [0, 0.1) is 6.92 Å². The molecule has 0 atom stereocenters. The van der Waals surface area contributed by atoms with Crippen LogP contribution in [0.2, 0.25) is 0 Å². The Kier molecular flexibility index (Phi) is 13.3. The zero-order chi connectivity index (χ0) is 36.0. The molecule has 4 rings (SSSR count). The van der Waals surface area contributed by atoms with Gasteiger partial charge < -0.3 is 23.7 Å². The second-order valence-electron chi connectivity index (χ2n) is 11.6. The number of ether oxygens (including phenoxy) is 5. The van der Waals surface area contributed by atoms with E-state index in [2.05, 4.69) is 13.2 Å². The molecule has 0 aromatic heterocycles. The van der Waals surface area contributed by atoms with Crippen LogP contribution in [0.4, 0.5) is 0 Å². The van der Waals surface area contributed by atoms with Gasteiger partial charge in [-0.1, -0.05) is 43.5 Å². The maximum atomic E-state index is 12.8. The molecule has 0 spiro atoms. The van der Waals surface area contributed by atoms with Gasteiger partial charge in [-0.2, -0.15) is 0 Å². The van der Waals surface area contributed by atoms with Gasteiger partial charge >= 0.3 is 23.9 Å². The largest absolute Gasteiger partial charge is 0.494 e. The Morgan fingerprint density at radius 2 is 1.30 bits per heavy atom. The maximum Gasteiger partial charge on any atom is 0.343 e. The van der Waals surface area contributed by atoms with E-state index >= 15 is 0 Å². The quantitative estimate of drug-likeness (QED) is 0.0498. The second kappa shape index (κ2) is 18.0. The smallest absolute Gasteiger partial charge is 0.343 e. The number of hydrogen-bond acceptors (Lipinski definition) is 9. The molecule has 0 aliphatic rings. The summed E-state index contributed by atoms with van der Waals surface area (Å²) in [6, 6.07) is 22.2. The molecule has 0 amide bonds. The fraction of sp³-hybridized carbons (Fsp3) is 0.220. The van der Waals surface area contributed by atoms with Crippen molar-refractivity contribution in [1.29, 1.82) is 0 Å². The van der Waals surface area contributed by atoms with Crippen molar-refractivity contribution in [2.24, 2.45) is 0 Å². The van der Waals surface area contributed by atoms with Crippen LogP contribution in [0.3, 0.4) is 0 Å². The summed E-state index contributed by atoms with van der Waals surface area (Å²) in [5.41, 5.74) is 2.38. The van der Waals surface area contributed by atoms with E-state index in [9.17, 15) is 19.2 Å². The van der Waals surface area contributed by atoms with E-state index in [1.807, 2.05) is 24.3 Å². The van der Waals surface area contributed by atoms with Crippen LogP contribution in [-0.4, -0.2) is 37.1 Å². The summed E-state index contributed by atoms with van der Waals surface area (Å²) in [6.45, 7) is 13.0. The zero-order valence-electron chi connectivity index (χ0n) is 28.5. The zero-order valence-corrected chi connectivity index (χ0v) is 28.5. The van der Waals surface area contributed by atoms with Crippen LogP contribution < -0.4 is 18.9 Å². The molecule has 0 heterocycles. The first kappa shape index (κ1) is 36.9. The first-order valence-electron chi connectivity index (χ1n) is 16.2. The van der Waals surface area contributed by atoms with Gasteiger partial charge in [-0.05, 0) is 118 Å². The molecular formula is C41H40O9. The summed E-state index contributed by atoms with van der Waals surface area (Å²) in [5.74, 6) is -0.355. The van der Waals surface area contributed by atoms with Crippen LogP contribution >= 0.6 is 0 Å². The van der Waals surface area contributed by atoms with E-state index in [1.165, 1.54) is 6.08 Å². The van der Waals surface area contributed by atoms with E-state index in [4.69, 9.17) is 23.7 Å². The number of carbonyl (C=O) groups is 4. The molecule has 4 aromatic rings. The molecule has 0 bridgehead atoms. The molecule has 0 unspecified atom stereocenters. The van der Waals surface area contributed by atoms with Crippen molar-refractivity contribution in [3.63, 3.8) is 0 Å². The van der Waals surface area contributed by atoms with Gasteiger partial charge in [0.25, 0.3) is 0 Å². The molecule has 0 saturated carbocycles. The minimum atomic E-state index is -0.594. The molecule has 0 N–H and O–H groups in total. The van der Waals surface area contributed by atoms with Crippen LogP contribution in [0.25, 0.3) is 16.8 Å². The summed E-state index contributed by atoms with van der Waals surface area (Å²) in [7, 11) is 0. The molecule has 0 saturated heterocycles. The van der Waals surface area contributed by atoms with Crippen LogP contribution in [-0.2, 0) is 19.1 Å². The number of unbranched alkanes of at least 4 members (excludes halogenated alkanes) is 3. The minimum absolute atomic E-state index is 0.289. The summed E-state index contributed by atoms with van der Waals surface area (Å²) in [5, 5.41) is 1.50. The Morgan fingerprint density at radius 3 is 1.98 bits per heavy atom. The molecule has 9 nitrogen and oxygen atoms in total. The number of rotatable bonds is 16. The highest BCUT2D eigenvalue weighted by atomic mass is 16.5. The predicted molar refractivity (Wildman–Crippen MR) is 191 cm³/mol. The number of fused-ring (bicyclic) bond motifs is 1. The van der Waals surface area contributed by atoms with Gasteiger partial charge in [0.2, 0.25) is 0 Å². The van der Waals surface area contributed by atoms with Crippen molar-refractivity contribution in [2.75, 3.05) is 13.2 Å². The lowest BCUT2D eigenvalue weighted by molar-refractivity contribution is -0.139. The van der Waals surface area contributed by atoms with Crippen LogP contribution in [0.15, 0.2) is 109 Å². The predicted octanol–water partition coefficient (Wildman–Crippen LogP) is 8.53. The topological polar surface area (TPSA) is 114 Å². The first-order chi connectivity index (χ1) is 24.0. The first-order valence-corrected chi connectivity index (χ1v) is 16.2. The lowest BCUT2D eigenvalue weighted by atomic mass is 10.0. The van der Waals surface area contributed by atoms with E-state index < -0.39 is 17.9 Å². The van der Waals surface area contributed by atoms with E-state index in [0.717, 1.165) is 36.6 Å². The Morgan fingerprint density at radius 1 is 0.660 bits per heavy atom. The van der Waals surface area contributed by atoms with E-state index in [-0.39, 0.29) is 11.5 Å².